The molecule has 0 heterocycles. The Hall–Kier alpha value is -1.04. The van der Waals surface area contributed by atoms with E-state index in [0.29, 0.717) is 6.54 Å². The van der Waals surface area contributed by atoms with Gasteiger partial charge in [-0.05, 0) is 26.7 Å². The second kappa shape index (κ2) is 3.78. The van der Waals surface area contributed by atoms with Crippen LogP contribution in [0.3, 0.4) is 0 Å². The van der Waals surface area contributed by atoms with Crippen molar-refractivity contribution in [1.29, 1.82) is 5.26 Å². The minimum atomic E-state index is -0.445. The quantitative estimate of drug-likeness (QED) is 0.714. The largest absolute Gasteiger partial charge is 0.354 e. The maximum Gasteiger partial charge on any atom is 0.223 e. The van der Waals surface area contributed by atoms with Gasteiger partial charge in [0.1, 0.15) is 0 Å². The number of nitrogens with one attached hydrogen (secondary N) is 1. The van der Waals surface area contributed by atoms with Gasteiger partial charge < -0.3 is 5.32 Å². The molecule has 0 atom stereocenters. The Morgan fingerprint density at radius 2 is 2.23 bits per heavy atom. The van der Waals surface area contributed by atoms with Crippen molar-refractivity contribution in [3.63, 3.8) is 0 Å². The van der Waals surface area contributed by atoms with Crippen molar-refractivity contribution in [2.45, 2.75) is 33.1 Å². The molecule has 1 aliphatic carbocycles. The van der Waals surface area contributed by atoms with Crippen molar-refractivity contribution in [2.75, 3.05) is 6.54 Å². The van der Waals surface area contributed by atoms with Gasteiger partial charge in [0, 0.05) is 12.5 Å². The maximum absolute atomic E-state index is 11.4. The van der Waals surface area contributed by atoms with Crippen LogP contribution in [0.15, 0.2) is 0 Å². The lowest BCUT2D eigenvalue weighted by molar-refractivity contribution is -0.127. The van der Waals surface area contributed by atoms with Crippen molar-refractivity contribution in [2.24, 2.45) is 11.3 Å². The standard InChI is InChI=1S/C10H16N2O/c1-10(2,6-11)7-12-9(13)8-4-3-5-8/h8H,3-5,7H2,1-2H3,(H,12,13). The molecule has 1 N–H and O–H groups in total. The van der Waals surface area contributed by atoms with Gasteiger partial charge in [-0.15, -0.1) is 0 Å². The fourth-order valence-electron chi connectivity index (χ4n) is 1.16. The summed E-state index contributed by atoms with van der Waals surface area (Å²) in [5.41, 5.74) is -0.445. The summed E-state index contributed by atoms with van der Waals surface area (Å²) < 4.78 is 0. The summed E-state index contributed by atoms with van der Waals surface area (Å²) in [6.45, 7) is 4.11. The number of nitriles is 1. The van der Waals surface area contributed by atoms with Crippen molar-refractivity contribution in [1.82, 2.24) is 5.32 Å². The molecule has 0 radical (unpaired) electrons. The topological polar surface area (TPSA) is 52.9 Å². The molecule has 0 aliphatic heterocycles. The normalized spacial score (nSPS) is 17.3. The van der Waals surface area contributed by atoms with Gasteiger partial charge in [0.2, 0.25) is 5.91 Å². The summed E-state index contributed by atoms with van der Waals surface area (Å²) >= 11 is 0. The third kappa shape index (κ3) is 2.73. The lowest BCUT2D eigenvalue weighted by atomic mass is 9.84. The first-order valence-corrected chi connectivity index (χ1v) is 4.74. The molecule has 1 aliphatic rings. The van der Waals surface area contributed by atoms with E-state index >= 15 is 0 Å². The highest BCUT2D eigenvalue weighted by molar-refractivity contribution is 5.79. The van der Waals surface area contributed by atoms with Gasteiger partial charge in [0.05, 0.1) is 11.5 Å². The zero-order chi connectivity index (χ0) is 9.90. The molecule has 0 aromatic carbocycles. The van der Waals surface area contributed by atoms with Crippen LogP contribution in [-0.2, 0) is 4.79 Å². The van der Waals surface area contributed by atoms with E-state index in [-0.39, 0.29) is 11.8 Å². The lowest BCUT2D eigenvalue weighted by Crippen LogP contribution is -2.39. The molecule has 3 nitrogen and oxygen atoms in total. The first kappa shape index (κ1) is 10.0. The predicted molar refractivity (Wildman–Crippen MR) is 49.7 cm³/mol. The number of amides is 1. The Balaban J connectivity index is 2.26. The number of hydrogen-bond acceptors (Lipinski definition) is 2. The maximum atomic E-state index is 11.4. The summed E-state index contributed by atoms with van der Waals surface area (Å²) in [5.74, 6) is 0.337. The van der Waals surface area contributed by atoms with E-state index in [0.717, 1.165) is 12.8 Å². The zero-order valence-electron chi connectivity index (χ0n) is 8.26. The number of carbonyl (C=O) groups excluding carboxylic acids is 1. The molecule has 1 saturated carbocycles. The molecule has 0 saturated heterocycles. The Morgan fingerprint density at radius 1 is 1.62 bits per heavy atom. The molecule has 0 aromatic rings. The first-order chi connectivity index (χ1) is 6.05. The molecule has 72 valence electrons. The molecule has 0 spiro atoms. The highest BCUT2D eigenvalue weighted by Crippen LogP contribution is 2.26. The van der Waals surface area contributed by atoms with E-state index in [2.05, 4.69) is 11.4 Å². The summed E-state index contributed by atoms with van der Waals surface area (Å²) in [5, 5.41) is 11.5. The highest BCUT2D eigenvalue weighted by atomic mass is 16.1. The number of hydrogen-bond donors (Lipinski definition) is 1. The first-order valence-electron chi connectivity index (χ1n) is 4.74. The molecule has 0 bridgehead atoms. The molecule has 3 heteroatoms. The minimum Gasteiger partial charge on any atom is -0.354 e. The van der Waals surface area contributed by atoms with Crippen LogP contribution >= 0.6 is 0 Å². The Labute approximate surface area is 79.1 Å². The van der Waals surface area contributed by atoms with Crippen LogP contribution in [0.2, 0.25) is 0 Å². The molecular weight excluding hydrogens is 164 g/mol. The van der Waals surface area contributed by atoms with E-state index in [4.69, 9.17) is 5.26 Å². The molecule has 13 heavy (non-hydrogen) atoms. The average Bonchev–Trinajstić information content (AvgIpc) is 1.98. The van der Waals surface area contributed by atoms with Crippen LogP contribution in [0, 0.1) is 22.7 Å². The predicted octanol–water partition coefficient (Wildman–Crippen LogP) is 1.45. The fourth-order valence-corrected chi connectivity index (χ4v) is 1.16. The molecular formula is C10H16N2O. The van der Waals surface area contributed by atoms with Gasteiger partial charge in [0.25, 0.3) is 0 Å². The molecule has 0 unspecified atom stereocenters. The molecule has 0 aromatic heterocycles. The number of rotatable bonds is 3. The van der Waals surface area contributed by atoms with Crippen LogP contribution in [0.25, 0.3) is 0 Å². The minimum absolute atomic E-state index is 0.120. The average molecular weight is 180 g/mol. The smallest absolute Gasteiger partial charge is 0.223 e. The van der Waals surface area contributed by atoms with Crippen LogP contribution in [0.4, 0.5) is 0 Å². The Bertz CT molecular complexity index is 236. The molecule has 1 amide bonds. The summed E-state index contributed by atoms with van der Waals surface area (Å²) in [7, 11) is 0. The van der Waals surface area contributed by atoms with Gasteiger partial charge in [-0.2, -0.15) is 5.26 Å². The number of nitrogens with zero attached hydrogens (tertiary/aromatic N) is 1. The third-order valence-corrected chi connectivity index (χ3v) is 2.48. The molecule has 1 fully saturated rings. The second-order valence-electron chi connectivity index (χ2n) is 4.34. The van der Waals surface area contributed by atoms with E-state index < -0.39 is 5.41 Å². The molecule has 1 rings (SSSR count). The summed E-state index contributed by atoms with van der Waals surface area (Å²) in [6, 6.07) is 2.16. The summed E-state index contributed by atoms with van der Waals surface area (Å²) in [6.07, 6.45) is 3.19. The Kier molecular flexibility index (Phi) is 2.92. The summed E-state index contributed by atoms with van der Waals surface area (Å²) in [4.78, 5) is 11.4. The fraction of sp³-hybridized carbons (Fsp3) is 0.800. The van der Waals surface area contributed by atoms with Crippen LogP contribution in [-0.4, -0.2) is 12.5 Å². The second-order valence-corrected chi connectivity index (χ2v) is 4.34. The van der Waals surface area contributed by atoms with Crippen LogP contribution in [0.5, 0.6) is 0 Å². The van der Waals surface area contributed by atoms with E-state index in [1.54, 1.807) is 0 Å². The third-order valence-electron chi connectivity index (χ3n) is 2.48. The van der Waals surface area contributed by atoms with E-state index in [9.17, 15) is 4.79 Å². The lowest BCUT2D eigenvalue weighted by Gasteiger charge is -2.25. The monoisotopic (exact) mass is 180 g/mol. The van der Waals surface area contributed by atoms with Gasteiger partial charge in [0.15, 0.2) is 0 Å². The van der Waals surface area contributed by atoms with Crippen LogP contribution in [0.1, 0.15) is 33.1 Å². The van der Waals surface area contributed by atoms with Crippen molar-refractivity contribution >= 4 is 5.91 Å². The van der Waals surface area contributed by atoms with E-state index in [1.807, 2.05) is 13.8 Å². The highest BCUT2D eigenvalue weighted by Gasteiger charge is 2.26. The van der Waals surface area contributed by atoms with Crippen molar-refractivity contribution in [3.05, 3.63) is 0 Å². The van der Waals surface area contributed by atoms with Gasteiger partial charge in [-0.1, -0.05) is 6.42 Å². The van der Waals surface area contributed by atoms with Gasteiger partial charge in [-0.3, -0.25) is 4.79 Å². The van der Waals surface area contributed by atoms with E-state index in [1.165, 1.54) is 6.42 Å². The van der Waals surface area contributed by atoms with Gasteiger partial charge in [-0.25, -0.2) is 0 Å². The number of carbonyl (C=O) groups is 1. The Morgan fingerprint density at radius 3 is 2.62 bits per heavy atom. The van der Waals surface area contributed by atoms with Gasteiger partial charge >= 0.3 is 0 Å². The van der Waals surface area contributed by atoms with Crippen LogP contribution < -0.4 is 5.32 Å². The van der Waals surface area contributed by atoms with Crippen molar-refractivity contribution in [3.8, 4) is 6.07 Å². The SMILES string of the molecule is CC(C)(C#N)CNC(=O)C1CCC1. The van der Waals surface area contributed by atoms with Crippen molar-refractivity contribution < 1.29 is 4.79 Å². The zero-order valence-corrected chi connectivity index (χ0v) is 8.26.